The third-order valence-electron chi connectivity index (χ3n) is 3.85. The Bertz CT molecular complexity index is 1120. The molecule has 0 saturated carbocycles. The minimum absolute atomic E-state index is 0.149. The number of benzene rings is 1. The van der Waals surface area contributed by atoms with E-state index in [1.165, 1.54) is 41.3 Å². The Hall–Kier alpha value is -3.13. The van der Waals surface area contributed by atoms with Crippen molar-refractivity contribution in [2.75, 3.05) is 7.11 Å². The van der Waals surface area contributed by atoms with Crippen LogP contribution < -0.4 is 10.3 Å². The van der Waals surface area contributed by atoms with Crippen molar-refractivity contribution < 1.29 is 9.13 Å². The SMILES string of the molecule is COc1ncc2nc(-c3cccs3)c(=O)n(Cc3ccc(F)cc3)c2n1. The van der Waals surface area contributed by atoms with Crippen LogP contribution in [-0.4, -0.2) is 26.6 Å². The first-order valence-corrected chi connectivity index (χ1v) is 8.63. The molecule has 4 aromatic rings. The van der Waals surface area contributed by atoms with E-state index in [-0.39, 0.29) is 23.9 Å². The van der Waals surface area contributed by atoms with Crippen LogP contribution in [0.3, 0.4) is 0 Å². The summed E-state index contributed by atoms with van der Waals surface area (Å²) in [6.07, 6.45) is 1.53. The molecule has 0 fully saturated rings. The molecule has 3 aromatic heterocycles. The molecule has 0 aliphatic carbocycles. The second-order valence-corrected chi connectivity index (χ2v) is 6.47. The van der Waals surface area contributed by atoms with Gasteiger partial charge in [-0.15, -0.1) is 11.3 Å². The molecule has 1 aromatic carbocycles. The van der Waals surface area contributed by atoms with Gasteiger partial charge in [0.1, 0.15) is 17.0 Å². The van der Waals surface area contributed by atoms with Gasteiger partial charge in [-0.3, -0.25) is 9.36 Å². The Morgan fingerprint density at radius 3 is 2.69 bits per heavy atom. The summed E-state index contributed by atoms with van der Waals surface area (Å²) in [7, 11) is 1.46. The van der Waals surface area contributed by atoms with Gasteiger partial charge in [0.05, 0.1) is 24.7 Å². The van der Waals surface area contributed by atoms with Crippen LogP contribution in [0.25, 0.3) is 21.7 Å². The first-order valence-electron chi connectivity index (χ1n) is 7.75. The van der Waals surface area contributed by atoms with Gasteiger partial charge >= 0.3 is 6.01 Å². The van der Waals surface area contributed by atoms with Crippen LogP contribution in [0.4, 0.5) is 4.39 Å². The van der Waals surface area contributed by atoms with Crippen molar-refractivity contribution in [2.24, 2.45) is 0 Å². The lowest BCUT2D eigenvalue weighted by Gasteiger charge is -2.11. The van der Waals surface area contributed by atoms with Crippen LogP contribution in [0.15, 0.2) is 52.8 Å². The Balaban J connectivity index is 1.95. The van der Waals surface area contributed by atoms with Crippen molar-refractivity contribution in [2.45, 2.75) is 6.54 Å². The van der Waals surface area contributed by atoms with Crippen LogP contribution in [-0.2, 0) is 6.54 Å². The minimum Gasteiger partial charge on any atom is -0.467 e. The normalized spacial score (nSPS) is 11.0. The predicted octanol–water partition coefficient (Wildman–Crippen LogP) is 3.11. The molecule has 0 spiro atoms. The Labute approximate surface area is 151 Å². The van der Waals surface area contributed by atoms with Gasteiger partial charge < -0.3 is 4.74 Å². The maximum atomic E-state index is 13.2. The van der Waals surface area contributed by atoms with E-state index in [1.807, 2.05) is 17.5 Å². The second kappa shape index (κ2) is 6.64. The number of hydrogen-bond donors (Lipinski definition) is 0. The third kappa shape index (κ3) is 2.95. The van der Waals surface area contributed by atoms with E-state index in [1.54, 1.807) is 12.1 Å². The topological polar surface area (TPSA) is 69.9 Å². The molecule has 130 valence electrons. The maximum absolute atomic E-state index is 13.2. The highest BCUT2D eigenvalue weighted by Gasteiger charge is 2.16. The van der Waals surface area contributed by atoms with E-state index < -0.39 is 0 Å². The predicted molar refractivity (Wildman–Crippen MR) is 97.0 cm³/mol. The maximum Gasteiger partial charge on any atom is 0.318 e. The van der Waals surface area contributed by atoms with E-state index in [4.69, 9.17) is 4.74 Å². The highest BCUT2D eigenvalue weighted by molar-refractivity contribution is 7.13. The number of rotatable bonds is 4. The zero-order valence-corrected chi connectivity index (χ0v) is 14.5. The van der Waals surface area contributed by atoms with E-state index in [9.17, 15) is 9.18 Å². The summed E-state index contributed by atoms with van der Waals surface area (Å²) in [5.74, 6) is -0.330. The number of ether oxygens (including phenoxy) is 1. The van der Waals surface area contributed by atoms with Gasteiger partial charge in [0, 0.05) is 0 Å². The molecule has 0 N–H and O–H groups in total. The summed E-state index contributed by atoms with van der Waals surface area (Å²) in [6, 6.07) is 9.84. The molecule has 0 radical (unpaired) electrons. The van der Waals surface area contributed by atoms with Crippen LogP contribution in [0.1, 0.15) is 5.56 Å². The Kier molecular flexibility index (Phi) is 4.18. The fourth-order valence-electron chi connectivity index (χ4n) is 2.61. The first kappa shape index (κ1) is 16.3. The molecule has 4 rings (SSSR count). The van der Waals surface area contributed by atoms with Gasteiger partial charge in [0.2, 0.25) is 0 Å². The number of halogens is 1. The summed E-state index contributed by atoms with van der Waals surface area (Å²) in [6.45, 7) is 0.233. The molecule has 0 atom stereocenters. The van der Waals surface area contributed by atoms with Crippen molar-refractivity contribution in [3.8, 4) is 16.6 Å². The zero-order valence-electron chi connectivity index (χ0n) is 13.7. The van der Waals surface area contributed by atoms with Crippen molar-refractivity contribution >= 4 is 22.5 Å². The first-order chi connectivity index (χ1) is 12.7. The van der Waals surface area contributed by atoms with Gasteiger partial charge in [0.15, 0.2) is 5.65 Å². The number of aromatic nitrogens is 4. The molecule has 0 unspecified atom stereocenters. The van der Waals surface area contributed by atoms with Crippen LogP contribution >= 0.6 is 11.3 Å². The lowest BCUT2D eigenvalue weighted by atomic mass is 10.2. The van der Waals surface area contributed by atoms with Crippen molar-refractivity contribution in [1.82, 2.24) is 19.5 Å². The average Bonchev–Trinajstić information content (AvgIpc) is 3.19. The molecule has 8 heteroatoms. The van der Waals surface area contributed by atoms with Crippen molar-refractivity contribution in [1.29, 1.82) is 0 Å². The Morgan fingerprint density at radius 1 is 1.19 bits per heavy atom. The summed E-state index contributed by atoms with van der Waals surface area (Å²) >= 11 is 1.43. The second-order valence-electron chi connectivity index (χ2n) is 5.52. The fourth-order valence-corrected chi connectivity index (χ4v) is 3.32. The molecule has 0 aliphatic heterocycles. The minimum atomic E-state index is -0.330. The van der Waals surface area contributed by atoms with Crippen molar-refractivity contribution in [3.05, 3.63) is 69.7 Å². The molecule has 0 bridgehead atoms. The number of thiophene rings is 1. The van der Waals surface area contributed by atoms with E-state index in [0.29, 0.717) is 16.9 Å². The van der Waals surface area contributed by atoms with E-state index in [2.05, 4.69) is 15.0 Å². The Morgan fingerprint density at radius 2 is 2.00 bits per heavy atom. The van der Waals surface area contributed by atoms with Crippen LogP contribution in [0.2, 0.25) is 0 Å². The molecule has 0 aliphatic rings. The van der Waals surface area contributed by atoms with E-state index in [0.717, 1.165) is 10.4 Å². The zero-order chi connectivity index (χ0) is 18.1. The van der Waals surface area contributed by atoms with Gasteiger partial charge in [-0.2, -0.15) is 4.98 Å². The van der Waals surface area contributed by atoms with Crippen LogP contribution in [0, 0.1) is 5.82 Å². The summed E-state index contributed by atoms with van der Waals surface area (Å²) < 4.78 is 19.8. The molecular weight excluding hydrogens is 355 g/mol. The third-order valence-corrected chi connectivity index (χ3v) is 4.73. The largest absolute Gasteiger partial charge is 0.467 e. The lowest BCUT2D eigenvalue weighted by Crippen LogP contribution is -2.25. The highest BCUT2D eigenvalue weighted by atomic mass is 32.1. The van der Waals surface area contributed by atoms with Gasteiger partial charge in [-0.05, 0) is 29.1 Å². The van der Waals surface area contributed by atoms with E-state index >= 15 is 0 Å². The molecule has 26 heavy (non-hydrogen) atoms. The fraction of sp³-hybridized carbons (Fsp3) is 0.111. The molecule has 3 heterocycles. The molecular formula is C18H13FN4O2S. The average molecular weight is 368 g/mol. The summed E-state index contributed by atoms with van der Waals surface area (Å²) in [5.41, 5.74) is 1.69. The van der Waals surface area contributed by atoms with Crippen molar-refractivity contribution in [3.63, 3.8) is 0 Å². The number of nitrogens with zero attached hydrogens (tertiary/aromatic N) is 4. The number of hydrogen-bond acceptors (Lipinski definition) is 6. The molecule has 6 nitrogen and oxygen atoms in total. The molecule has 0 saturated heterocycles. The van der Waals surface area contributed by atoms with Gasteiger partial charge in [0.25, 0.3) is 5.56 Å². The number of fused-ring (bicyclic) bond motifs is 1. The number of methoxy groups -OCH3 is 1. The summed E-state index contributed by atoms with van der Waals surface area (Å²) in [4.78, 5) is 26.7. The van der Waals surface area contributed by atoms with Gasteiger partial charge in [-0.1, -0.05) is 18.2 Å². The quantitative estimate of drug-likeness (QED) is 0.554. The molecule has 0 amide bonds. The highest BCUT2D eigenvalue weighted by Crippen LogP contribution is 2.22. The standard InChI is InChI=1S/C18H13FN4O2S/c1-25-18-20-9-13-16(22-18)23(10-11-4-6-12(19)7-5-11)17(24)15(21-13)14-3-2-8-26-14/h2-9H,10H2,1H3. The lowest BCUT2D eigenvalue weighted by molar-refractivity contribution is 0.381. The smallest absolute Gasteiger partial charge is 0.318 e. The monoisotopic (exact) mass is 368 g/mol. The summed E-state index contributed by atoms with van der Waals surface area (Å²) in [5, 5.41) is 1.88. The van der Waals surface area contributed by atoms with Crippen LogP contribution in [0.5, 0.6) is 6.01 Å². The van der Waals surface area contributed by atoms with Gasteiger partial charge in [-0.25, -0.2) is 14.4 Å².